The molecule has 3 nitrogen and oxygen atoms in total. The van der Waals surface area contributed by atoms with E-state index >= 15 is 0 Å². The summed E-state index contributed by atoms with van der Waals surface area (Å²) in [5, 5.41) is 2.98. The number of anilines is 1. The van der Waals surface area contributed by atoms with Gasteiger partial charge in [0.05, 0.1) is 0 Å². The third-order valence-electron chi connectivity index (χ3n) is 3.71. The highest BCUT2D eigenvalue weighted by atomic mass is 35.5. The average Bonchev–Trinajstić information content (AvgIpc) is 2.79. The first-order chi connectivity index (χ1) is 10.5. The number of carbonyl (C=O) groups is 1. The molecule has 1 heterocycles. The van der Waals surface area contributed by atoms with Crippen LogP contribution in [0.3, 0.4) is 0 Å². The van der Waals surface area contributed by atoms with Gasteiger partial charge in [-0.15, -0.1) is 23.7 Å². The van der Waals surface area contributed by atoms with Crippen LogP contribution in [0.2, 0.25) is 0 Å². The molecular formula is C18H25ClN2OS. The zero-order chi connectivity index (χ0) is 15.9. The van der Waals surface area contributed by atoms with E-state index in [1.807, 2.05) is 35.6 Å². The van der Waals surface area contributed by atoms with Gasteiger partial charge in [-0.1, -0.05) is 12.1 Å². The number of hydrogen-bond donors (Lipinski definition) is 2. The number of rotatable bonds is 7. The van der Waals surface area contributed by atoms with E-state index in [-0.39, 0.29) is 18.3 Å². The standard InChI is InChI=1S/C18H24N2OS.ClH/c1-13-12-16(14(2)22-13)4-3-5-18(21)20-11-10-15-6-8-17(19)9-7-15;/h6-9,12H,3-5,10-11,19H2,1-2H3,(H,20,21);1H. The molecule has 3 N–H and O–H groups in total. The monoisotopic (exact) mass is 352 g/mol. The number of amides is 1. The van der Waals surface area contributed by atoms with Crippen LogP contribution >= 0.6 is 23.7 Å². The molecule has 0 unspecified atom stereocenters. The maximum absolute atomic E-state index is 11.8. The van der Waals surface area contributed by atoms with Crippen molar-refractivity contribution in [2.75, 3.05) is 12.3 Å². The quantitative estimate of drug-likeness (QED) is 0.738. The summed E-state index contributed by atoms with van der Waals surface area (Å²) in [7, 11) is 0. The summed E-state index contributed by atoms with van der Waals surface area (Å²) >= 11 is 1.83. The molecule has 1 aromatic carbocycles. The topological polar surface area (TPSA) is 55.1 Å². The Labute approximate surface area is 148 Å². The molecule has 0 saturated heterocycles. The highest BCUT2D eigenvalue weighted by Gasteiger charge is 2.05. The van der Waals surface area contributed by atoms with Crippen molar-refractivity contribution >= 4 is 35.3 Å². The summed E-state index contributed by atoms with van der Waals surface area (Å²) < 4.78 is 0. The molecular weight excluding hydrogens is 328 g/mol. The summed E-state index contributed by atoms with van der Waals surface area (Å²) in [5.41, 5.74) is 9.00. The van der Waals surface area contributed by atoms with E-state index in [9.17, 15) is 4.79 Å². The first-order valence-electron chi connectivity index (χ1n) is 7.71. The fourth-order valence-electron chi connectivity index (χ4n) is 2.49. The van der Waals surface area contributed by atoms with E-state index in [0.717, 1.165) is 24.9 Å². The van der Waals surface area contributed by atoms with Gasteiger partial charge in [-0.25, -0.2) is 0 Å². The van der Waals surface area contributed by atoms with Crippen molar-refractivity contribution in [3.63, 3.8) is 0 Å². The van der Waals surface area contributed by atoms with E-state index in [1.54, 1.807) is 0 Å². The molecule has 0 radical (unpaired) electrons. The molecule has 0 fully saturated rings. The number of halogens is 1. The van der Waals surface area contributed by atoms with Crippen molar-refractivity contribution in [1.29, 1.82) is 0 Å². The predicted octanol–water partition coefficient (Wildman–Crippen LogP) is 4.05. The van der Waals surface area contributed by atoms with Gasteiger partial charge in [0.1, 0.15) is 0 Å². The van der Waals surface area contributed by atoms with Crippen LogP contribution in [-0.2, 0) is 17.6 Å². The fourth-order valence-corrected chi connectivity index (χ4v) is 3.47. The van der Waals surface area contributed by atoms with Crippen molar-refractivity contribution in [3.8, 4) is 0 Å². The molecule has 0 aliphatic heterocycles. The van der Waals surface area contributed by atoms with E-state index in [1.165, 1.54) is 20.9 Å². The van der Waals surface area contributed by atoms with E-state index < -0.39 is 0 Å². The van der Waals surface area contributed by atoms with Gasteiger partial charge in [-0.2, -0.15) is 0 Å². The Balaban J connectivity index is 0.00000264. The second-order valence-electron chi connectivity index (χ2n) is 5.63. The number of nitrogens with two attached hydrogens (primary N) is 1. The predicted molar refractivity (Wildman–Crippen MR) is 102 cm³/mol. The van der Waals surface area contributed by atoms with Crippen LogP contribution in [0.5, 0.6) is 0 Å². The van der Waals surface area contributed by atoms with Gasteiger partial charge in [-0.05, 0) is 62.4 Å². The zero-order valence-electron chi connectivity index (χ0n) is 13.7. The Morgan fingerprint density at radius 1 is 1.17 bits per heavy atom. The van der Waals surface area contributed by atoms with E-state index in [2.05, 4.69) is 25.2 Å². The minimum atomic E-state index is 0. The summed E-state index contributed by atoms with van der Waals surface area (Å²) in [6.07, 6.45) is 3.33. The first kappa shape index (κ1) is 19.5. The van der Waals surface area contributed by atoms with Crippen molar-refractivity contribution in [2.24, 2.45) is 0 Å². The lowest BCUT2D eigenvalue weighted by Gasteiger charge is -2.06. The third kappa shape index (κ3) is 6.63. The number of benzene rings is 1. The first-order valence-corrected chi connectivity index (χ1v) is 8.53. The van der Waals surface area contributed by atoms with Crippen LogP contribution in [0.15, 0.2) is 30.3 Å². The number of nitrogens with one attached hydrogen (secondary N) is 1. The van der Waals surface area contributed by atoms with Crippen LogP contribution in [0.1, 0.15) is 33.7 Å². The number of nitrogen functional groups attached to an aromatic ring is 1. The van der Waals surface area contributed by atoms with Crippen LogP contribution in [0.4, 0.5) is 5.69 Å². The fraction of sp³-hybridized carbons (Fsp3) is 0.389. The summed E-state index contributed by atoms with van der Waals surface area (Å²) in [5.74, 6) is 0.139. The number of aryl methyl sites for hydroxylation is 3. The minimum absolute atomic E-state index is 0. The maximum atomic E-state index is 11.8. The smallest absolute Gasteiger partial charge is 0.220 e. The van der Waals surface area contributed by atoms with Crippen LogP contribution < -0.4 is 11.1 Å². The molecule has 1 amide bonds. The highest BCUT2D eigenvalue weighted by molar-refractivity contribution is 7.12. The van der Waals surface area contributed by atoms with Gasteiger partial charge in [0, 0.05) is 28.4 Å². The molecule has 0 saturated carbocycles. The SMILES string of the molecule is Cc1cc(CCCC(=O)NCCc2ccc(N)cc2)c(C)s1.Cl. The second kappa shape index (κ2) is 9.58. The molecule has 5 heteroatoms. The minimum Gasteiger partial charge on any atom is -0.399 e. The van der Waals surface area contributed by atoms with E-state index in [4.69, 9.17) is 5.73 Å². The molecule has 126 valence electrons. The maximum Gasteiger partial charge on any atom is 0.220 e. The van der Waals surface area contributed by atoms with Gasteiger partial charge in [0.2, 0.25) is 5.91 Å². The normalized spacial score (nSPS) is 10.2. The Bertz CT molecular complexity index is 622. The van der Waals surface area contributed by atoms with Gasteiger partial charge in [0.25, 0.3) is 0 Å². The van der Waals surface area contributed by atoms with Gasteiger partial charge < -0.3 is 11.1 Å². The Hall–Kier alpha value is -1.52. The Kier molecular flexibility index (Phi) is 8.13. The van der Waals surface area contributed by atoms with Gasteiger partial charge in [0.15, 0.2) is 0 Å². The lowest BCUT2D eigenvalue weighted by Crippen LogP contribution is -2.25. The summed E-state index contributed by atoms with van der Waals surface area (Å²) in [6.45, 7) is 4.96. The molecule has 2 rings (SSSR count). The number of carbonyl (C=O) groups excluding carboxylic acids is 1. The molecule has 0 atom stereocenters. The molecule has 23 heavy (non-hydrogen) atoms. The van der Waals surface area contributed by atoms with Crippen LogP contribution in [0, 0.1) is 13.8 Å². The van der Waals surface area contributed by atoms with Crippen molar-refractivity contribution in [3.05, 3.63) is 51.2 Å². The third-order valence-corrected chi connectivity index (χ3v) is 4.72. The molecule has 0 aliphatic carbocycles. The van der Waals surface area contributed by atoms with Crippen molar-refractivity contribution in [1.82, 2.24) is 5.32 Å². The summed E-state index contributed by atoms with van der Waals surface area (Å²) in [4.78, 5) is 14.6. The van der Waals surface area contributed by atoms with Crippen LogP contribution in [-0.4, -0.2) is 12.5 Å². The molecule has 0 bridgehead atoms. The second-order valence-corrected chi connectivity index (χ2v) is 7.09. The molecule has 0 spiro atoms. The van der Waals surface area contributed by atoms with E-state index in [0.29, 0.717) is 13.0 Å². The zero-order valence-corrected chi connectivity index (χ0v) is 15.4. The Morgan fingerprint density at radius 3 is 2.48 bits per heavy atom. The summed E-state index contributed by atoms with van der Waals surface area (Å²) in [6, 6.07) is 10.0. The van der Waals surface area contributed by atoms with Crippen molar-refractivity contribution < 1.29 is 4.79 Å². The Morgan fingerprint density at radius 2 is 1.87 bits per heavy atom. The molecule has 0 aliphatic rings. The molecule has 1 aromatic heterocycles. The van der Waals surface area contributed by atoms with Crippen LogP contribution in [0.25, 0.3) is 0 Å². The lowest BCUT2D eigenvalue weighted by atomic mass is 10.1. The largest absolute Gasteiger partial charge is 0.399 e. The highest BCUT2D eigenvalue weighted by Crippen LogP contribution is 2.22. The molecule has 2 aromatic rings. The average molecular weight is 353 g/mol. The lowest BCUT2D eigenvalue weighted by molar-refractivity contribution is -0.121. The van der Waals surface area contributed by atoms with Crippen molar-refractivity contribution in [2.45, 2.75) is 39.5 Å². The number of hydrogen-bond acceptors (Lipinski definition) is 3. The number of thiophene rings is 1. The van der Waals surface area contributed by atoms with Gasteiger partial charge in [-0.3, -0.25) is 4.79 Å². The van der Waals surface area contributed by atoms with Gasteiger partial charge >= 0.3 is 0 Å².